The molecule has 0 bridgehead atoms. The van der Waals surface area contributed by atoms with Crippen molar-refractivity contribution in [1.82, 2.24) is 10.4 Å². The predicted molar refractivity (Wildman–Crippen MR) is 68.7 cm³/mol. The van der Waals surface area contributed by atoms with Crippen molar-refractivity contribution in [2.75, 3.05) is 13.2 Å². The van der Waals surface area contributed by atoms with Gasteiger partial charge in [-0.2, -0.15) is 13.2 Å². The molecule has 108 valence electrons. The van der Waals surface area contributed by atoms with Crippen LogP contribution in [0.2, 0.25) is 0 Å². The number of aromatic nitrogens is 1. The summed E-state index contributed by atoms with van der Waals surface area (Å²) in [5.41, 5.74) is 3.23. The maximum Gasteiger partial charge on any atom is 0.411 e. The molecule has 20 heavy (non-hydrogen) atoms. The Kier molecular flexibility index (Phi) is 4.53. The van der Waals surface area contributed by atoms with Gasteiger partial charge >= 0.3 is 6.18 Å². The second-order valence-electron chi connectivity index (χ2n) is 4.29. The third-order valence-electron chi connectivity index (χ3n) is 2.84. The average Bonchev–Trinajstić information content (AvgIpc) is 2.42. The molecule has 3 N–H and O–H groups in total. The number of hydrogen-bond donors (Lipinski definition) is 2. The third-order valence-corrected chi connectivity index (χ3v) is 2.84. The highest BCUT2D eigenvalue weighted by Crippen LogP contribution is 2.24. The summed E-state index contributed by atoms with van der Waals surface area (Å²) in [7, 11) is 0. The highest BCUT2D eigenvalue weighted by atomic mass is 19.4. The summed E-state index contributed by atoms with van der Waals surface area (Å²) in [5, 5.41) is 1.77. The molecule has 0 fully saturated rings. The lowest BCUT2D eigenvalue weighted by molar-refractivity contribution is -0.175. The van der Waals surface area contributed by atoms with Crippen LogP contribution in [0.5, 0.6) is 0 Å². The number of halogens is 3. The Balaban J connectivity index is 2.17. The fraction of sp³-hybridized carbons (Fsp3) is 0.308. The number of benzene rings is 1. The van der Waals surface area contributed by atoms with E-state index >= 15 is 0 Å². The summed E-state index contributed by atoms with van der Waals surface area (Å²) in [5.74, 6) is 5.41. The van der Waals surface area contributed by atoms with Crippen molar-refractivity contribution in [3.63, 3.8) is 0 Å². The summed E-state index contributed by atoms with van der Waals surface area (Å²) in [6, 6.07) is 6.77. The molecule has 7 heteroatoms. The molecule has 0 aliphatic rings. The van der Waals surface area contributed by atoms with E-state index in [2.05, 4.69) is 15.1 Å². The van der Waals surface area contributed by atoms with Gasteiger partial charge < -0.3 is 4.74 Å². The number of ether oxygens (including phenoxy) is 1. The minimum atomic E-state index is -4.35. The molecule has 1 atom stereocenters. The molecule has 0 aliphatic carbocycles. The zero-order valence-corrected chi connectivity index (χ0v) is 10.5. The minimum absolute atomic E-state index is 0.177. The fourth-order valence-electron chi connectivity index (χ4n) is 1.96. The molecule has 4 nitrogen and oxygen atoms in total. The normalized spacial score (nSPS) is 13.6. The van der Waals surface area contributed by atoms with E-state index in [4.69, 9.17) is 5.84 Å². The number of alkyl halides is 3. The number of rotatable bonds is 5. The zero-order chi connectivity index (χ0) is 14.6. The highest BCUT2D eigenvalue weighted by molar-refractivity contribution is 5.85. The average molecular weight is 285 g/mol. The van der Waals surface area contributed by atoms with Crippen LogP contribution in [-0.4, -0.2) is 24.4 Å². The van der Waals surface area contributed by atoms with Crippen LogP contribution >= 0.6 is 0 Å². The molecule has 0 spiro atoms. The van der Waals surface area contributed by atoms with Crippen LogP contribution in [0.4, 0.5) is 13.2 Å². The number of hydrazine groups is 1. The van der Waals surface area contributed by atoms with Gasteiger partial charge in [0.1, 0.15) is 6.61 Å². The zero-order valence-electron chi connectivity index (χ0n) is 10.5. The standard InChI is InChI=1S/C13H14F3N3O/c14-13(15,16)8-20-7-12(19-17)10-3-1-2-9-4-5-18-6-11(9)10/h1-6,12,19H,7-8,17H2. The molecular weight excluding hydrogens is 271 g/mol. The fourth-order valence-corrected chi connectivity index (χ4v) is 1.96. The summed E-state index contributed by atoms with van der Waals surface area (Å²) in [6.07, 6.45) is -1.05. The molecule has 0 saturated heterocycles. The monoisotopic (exact) mass is 285 g/mol. The molecular formula is C13H14F3N3O. The number of nitrogens with zero attached hydrogens (tertiary/aromatic N) is 1. The third kappa shape index (κ3) is 3.66. The second-order valence-corrected chi connectivity index (χ2v) is 4.29. The number of nitrogens with two attached hydrogens (primary N) is 1. The van der Waals surface area contributed by atoms with Crippen LogP contribution in [0.15, 0.2) is 36.7 Å². The summed E-state index contributed by atoms with van der Waals surface area (Å²) < 4.78 is 40.9. The highest BCUT2D eigenvalue weighted by Gasteiger charge is 2.28. The van der Waals surface area contributed by atoms with Crippen molar-refractivity contribution in [3.05, 3.63) is 42.2 Å². The molecule has 0 saturated carbocycles. The Labute approximate surface area is 113 Å². The van der Waals surface area contributed by atoms with Gasteiger partial charge in [-0.1, -0.05) is 18.2 Å². The maximum absolute atomic E-state index is 12.1. The van der Waals surface area contributed by atoms with Gasteiger partial charge in [-0.3, -0.25) is 16.3 Å². The van der Waals surface area contributed by atoms with E-state index in [1.54, 1.807) is 18.5 Å². The van der Waals surface area contributed by atoms with E-state index in [9.17, 15) is 13.2 Å². The van der Waals surface area contributed by atoms with Crippen molar-refractivity contribution in [2.24, 2.45) is 5.84 Å². The van der Waals surface area contributed by atoms with Crippen LogP contribution in [-0.2, 0) is 4.74 Å². The quantitative estimate of drug-likeness (QED) is 0.654. The van der Waals surface area contributed by atoms with E-state index in [0.29, 0.717) is 0 Å². The van der Waals surface area contributed by atoms with Crippen LogP contribution in [0, 0.1) is 0 Å². The van der Waals surface area contributed by atoms with E-state index in [1.807, 2.05) is 18.2 Å². The lowest BCUT2D eigenvalue weighted by Gasteiger charge is -2.19. The van der Waals surface area contributed by atoms with Gasteiger partial charge in [0.15, 0.2) is 0 Å². The Bertz CT molecular complexity index is 569. The number of pyridine rings is 1. The molecule has 0 aliphatic heterocycles. The lowest BCUT2D eigenvalue weighted by atomic mass is 10.0. The molecule has 0 amide bonds. The minimum Gasteiger partial charge on any atom is -0.370 e. The summed E-state index contributed by atoms with van der Waals surface area (Å²) in [6.45, 7) is -1.47. The van der Waals surface area contributed by atoms with Crippen LogP contribution in [0.3, 0.4) is 0 Å². The number of hydrogen-bond acceptors (Lipinski definition) is 4. The first-order chi connectivity index (χ1) is 9.51. The van der Waals surface area contributed by atoms with Gasteiger partial charge in [0.2, 0.25) is 0 Å². The summed E-state index contributed by atoms with van der Waals surface area (Å²) >= 11 is 0. The first-order valence-electron chi connectivity index (χ1n) is 5.94. The molecule has 1 aromatic carbocycles. The smallest absolute Gasteiger partial charge is 0.370 e. The first-order valence-corrected chi connectivity index (χ1v) is 5.94. The molecule has 2 rings (SSSR count). The van der Waals surface area contributed by atoms with Gasteiger partial charge in [0.25, 0.3) is 0 Å². The lowest BCUT2D eigenvalue weighted by Crippen LogP contribution is -2.32. The van der Waals surface area contributed by atoms with Crippen LogP contribution in [0.1, 0.15) is 11.6 Å². The van der Waals surface area contributed by atoms with Crippen molar-refractivity contribution in [2.45, 2.75) is 12.2 Å². The van der Waals surface area contributed by atoms with Gasteiger partial charge in [-0.15, -0.1) is 0 Å². The van der Waals surface area contributed by atoms with Crippen molar-refractivity contribution in [3.8, 4) is 0 Å². The largest absolute Gasteiger partial charge is 0.411 e. The van der Waals surface area contributed by atoms with Gasteiger partial charge in [0, 0.05) is 17.8 Å². The second kappa shape index (κ2) is 6.17. The molecule has 1 heterocycles. The van der Waals surface area contributed by atoms with E-state index in [1.165, 1.54) is 0 Å². The maximum atomic E-state index is 12.1. The van der Waals surface area contributed by atoms with Gasteiger partial charge in [-0.05, 0) is 17.0 Å². The Morgan fingerprint density at radius 3 is 2.80 bits per heavy atom. The van der Waals surface area contributed by atoms with E-state index in [0.717, 1.165) is 16.3 Å². The molecule has 0 radical (unpaired) electrons. The Morgan fingerprint density at radius 2 is 2.10 bits per heavy atom. The van der Waals surface area contributed by atoms with Gasteiger partial charge in [-0.25, -0.2) is 0 Å². The molecule has 2 aromatic rings. The molecule has 1 unspecified atom stereocenters. The van der Waals surface area contributed by atoms with Crippen LogP contribution < -0.4 is 11.3 Å². The Hall–Kier alpha value is -1.70. The first kappa shape index (κ1) is 14.7. The van der Waals surface area contributed by atoms with Crippen LogP contribution in [0.25, 0.3) is 10.8 Å². The Morgan fingerprint density at radius 1 is 1.30 bits per heavy atom. The number of fused-ring (bicyclic) bond motifs is 1. The summed E-state index contributed by atoms with van der Waals surface area (Å²) in [4.78, 5) is 4.02. The van der Waals surface area contributed by atoms with Gasteiger partial charge in [0.05, 0.1) is 12.6 Å². The molecule has 1 aromatic heterocycles. The van der Waals surface area contributed by atoms with Crippen molar-refractivity contribution >= 4 is 10.8 Å². The van der Waals surface area contributed by atoms with Crippen molar-refractivity contribution < 1.29 is 17.9 Å². The topological polar surface area (TPSA) is 60.2 Å². The van der Waals surface area contributed by atoms with Crippen molar-refractivity contribution in [1.29, 1.82) is 0 Å². The number of nitrogens with one attached hydrogen (secondary N) is 1. The van der Waals surface area contributed by atoms with E-state index in [-0.39, 0.29) is 6.61 Å². The predicted octanol–water partition coefficient (Wildman–Crippen LogP) is 2.32. The van der Waals surface area contributed by atoms with E-state index < -0.39 is 18.8 Å². The SMILES string of the molecule is NNC(COCC(F)(F)F)c1cccc2ccncc12.